The van der Waals surface area contributed by atoms with E-state index in [0.29, 0.717) is 29.2 Å². The summed E-state index contributed by atoms with van der Waals surface area (Å²) in [5.74, 6) is 1.19. The normalized spacial score (nSPS) is 16.5. The first-order valence-corrected chi connectivity index (χ1v) is 12.4. The fourth-order valence-electron chi connectivity index (χ4n) is 3.51. The molecule has 0 fully saturated rings. The van der Waals surface area contributed by atoms with Gasteiger partial charge in [-0.3, -0.25) is 10.2 Å². The smallest absolute Gasteiger partial charge is 0.283 e. The van der Waals surface area contributed by atoms with Gasteiger partial charge in [-0.25, -0.2) is 4.90 Å². The summed E-state index contributed by atoms with van der Waals surface area (Å²) in [5.41, 5.74) is 2.21. The fraction of sp³-hybridized carbons (Fsp3) is 0.120. The van der Waals surface area contributed by atoms with E-state index >= 15 is 0 Å². The van der Waals surface area contributed by atoms with Crippen molar-refractivity contribution in [3.05, 3.63) is 95.8 Å². The Morgan fingerprint density at radius 1 is 1.03 bits per heavy atom. The van der Waals surface area contributed by atoms with Crippen LogP contribution in [0.15, 0.2) is 94.0 Å². The molecule has 2 aliphatic rings. The molecule has 0 spiro atoms. The number of hydrogen-bond acceptors (Lipinski definition) is 6. The minimum absolute atomic E-state index is 0.0904. The van der Waals surface area contributed by atoms with Crippen LogP contribution in [0, 0.1) is 5.41 Å². The molecular formula is C25H21N5O2S2. The number of fused-ring (bicyclic) bond motifs is 1. The molecule has 3 heterocycles. The number of ether oxygens (including phenoxy) is 1. The predicted molar refractivity (Wildman–Crippen MR) is 139 cm³/mol. The van der Waals surface area contributed by atoms with Crippen molar-refractivity contribution in [1.29, 1.82) is 5.41 Å². The molecule has 0 bridgehead atoms. The van der Waals surface area contributed by atoms with Crippen molar-refractivity contribution in [2.75, 3.05) is 6.61 Å². The van der Waals surface area contributed by atoms with Gasteiger partial charge in [0.2, 0.25) is 5.17 Å². The van der Waals surface area contributed by atoms with Crippen molar-refractivity contribution >= 4 is 51.9 Å². The van der Waals surface area contributed by atoms with Crippen LogP contribution in [-0.4, -0.2) is 38.2 Å². The summed E-state index contributed by atoms with van der Waals surface area (Å²) in [6.45, 7) is 1.09. The SMILES string of the molecule is N=C1/C(=C/c2cccn2CCOc2ccccc2)C(=O)N=C2SN=C(SCc3ccccc3)N12. The monoisotopic (exact) mass is 487 g/mol. The standard InChI is InChI=1S/C25H21N5O2S2/c26-22-21(16-19-10-7-13-29(19)14-15-32-20-11-5-2-6-12-20)23(31)27-24-30(22)25(28-34-24)33-17-18-8-3-1-4-9-18/h1-13,16,26H,14-15,17H2/b21-16-,26-22?. The number of nitrogens with zero attached hydrogens (tertiary/aromatic N) is 4. The van der Waals surface area contributed by atoms with Gasteiger partial charge in [-0.2, -0.15) is 9.39 Å². The minimum Gasteiger partial charge on any atom is -0.492 e. The first kappa shape index (κ1) is 22.2. The van der Waals surface area contributed by atoms with Gasteiger partial charge in [-0.15, -0.1) is 0 Å². The molecule has 0 saturated heterocycles. The van der Waals surface area contributed by atoms with Gasteiger partial charge in [0.25, 0.3) is 5.91 Å². The molecule has 0 unspecified atom stereocenters. The minimum atomic E-state index is -0.429. The zero-order chi connectivity index (χ0) is 23.3. The summed E-state index contributed by atoms with van der Waals surface area (Å²) in [4.78, 5) is 18.6. The van der Waals surface area contributed by atoms with Crippen molar-refractivity contribution < 1.29 is 9.53 Å². The van der Waals surface area contributed by atoms with Crippen LogP contribution in [0.25, 0.3) is 6.08 Å². The number of para-hydroxylation sites is 1. The molecule has 0 radical (unpaired) electrons. The molecule has 1 aromatic heterocycles. The predicted octanol–water partition coefficient (Wildman–Crippen LogP) is 5.08. The quantitative estimate of drug-likeness (QED) is 0.371. The lowest BCUT2D eigenvalue weighted by Crippen LogP contribution is -2.41. The first-order chi connectivity index (χ1) is 16.7. The summed E-state index contributed by atoms with van der Waals surface area (Å²) in [6, 6.07) is 23.5. The van der Waals surface area contributed by atoms with Crippen molar-refractivity contribution in [1.82, 2.24) is 9.47 Å². The first-order valence-electron chi connectivity index (χ1n) is 10.7. The van der Waals surface area contributed by atoms with Gasteiger partial charge < -0.3 is 9.30 Å². The number of hydrogen-bond donors (Lipinski definition) is 1. The third kappa shape index (κ3) is 4.85. The van der Waals surface area contributed by atoms with Crippen molar-refractivity contribution in [3.63, 3.8) is 0 Å². The van der Waals surface area contributed by atoms with Gasteiger partial charge in [0.05, 0.1) is 24.1 Å². The Balaban J connectivity index is 1.29. The third-order valence-electron chi connectivity index (χ3n) is 5.21. The van der Waals surface area contributed by atoms with E-state index in [0.717, 1.165) is 29.0 Å². The second-order valence-corrected chi connectivity index (χ2v) is 9.14. The van der Waals surface area contributed by atoms with E-state index in [2.05, 4.69) is 21.5 Å². The van der Waals surface area contributed by atoms with Crippen LogP contribution in [0.1, 0.15) is 11.3 Å². The van der Waals surface area contributed by atoms with E-state index in [1.165, 1.54) is 11.8 Å². The molecule has 0 aliphatic carbocycles. The lowest BCUT2D eigenvalue weighted by atomic mass is 10.1. The number of carbonyl (C=O) groups is 1. The number of nitrogens with one attached hydrogen (secondary N) is 1. The van der Waals surface area contributed by atoms with Crippen LogP contribution in [-0.2, 0) is 17.1 Å². The second-order valence-electron chi connectivity index (χ2n) is 7.47. The van der Waals surface area contributed by atoms with Gasteiger partial charge in [-0.05, 0) is 35.9 Å². The summed E-state index contributed by atoms with van der Waals surface area (Å²) >= 11 is 2.65. The van der Waals surface area contributed by atoms with Crippen molar-refractivity contribution in [2.45, 2.75) is 12.3 Å². The lowest BCUT2D eigenvalue weighted by molar-refractivity contribution is -0.114. The maximum Gasteiger partial charge on any atom is 0.283 e. The Labute approximate surface area is 205 Å². The zero-order valence-corrected chi connectivity index (χ0v) is 19.8. The summed E-state index contributed by atoms with van der Waals surface area (Å²) in [5, 5.41) is 9.84. The Kier molecular flexibility index (Phi) is 6.64. The van der Waals surface area contributed by atoms with Crippen LogP contribution in [0.2, 0.25) is 0 Å². The van der Waals surface area contributed by atoms with E-state index in [4.69, 9.17) is 10.1 Å². The van der Waals surface area contributed by atoms with Gasteiger partial charge >= 0.3 is 0 Å². The Morgan fingerprint density at radius 2 is 1.79 bits per heavy atom. The third-order valence-corrected chi connectivity index (χ3v) is 7.03. The highest BCUT2D eigenvalue weighted by atomic mass is 32.2. The molecule has 2 aromatic carbocycles. The highest BCUT2D eigenvalue weighted by Gasteiger charge is 2.37. The molecule has 1 N–H and O–H groups in total. The molecular weight excluding hydrogens is 466 g/mol. The molecule has 170 valence electrons. The van der Waals surface area contributed by atoms with E-state index in [1.807, 2.05) is 71.4 Å². The molecule has 7 nitrogen and oxygen atoms in total. The number of aromatic nitrogens is 1. The molecule has 34 heavy (non-hydrogen) atoms. The number of amides is 1. The number of aliphatic imine (C=N–C) groups is 1. The number of benzene rings is 2. The van der Waals surface area contributed by atoms with E-state index in [-0.39, 0.29) is 11.4 Å². The topological polar surface area (TPSA) is 83.0 Å². The van der Waals surface area contributed by atoms with E-state index in [9.17, 15) is 4.79 Å². The molecule has 3 aromatic rings. The van der Waals surface area contributed by atoms with Crippen LogP contribution in [0.4, 0.5) is 0 Å². The highest BCUT2D eigenvalue weighted by Crippen LogP contribution is 2.33. The fourth-order valence-corrected chi connectivity index (χ4v) is 5.31. The van der Waals surface area contributed by atoms with Gasteiger partial charge in [0, 0.05) is 17.6 Å². The van der Waals surface area contributed by atoms with Gasteiger partial charge in [0.1, 0.15) is 18.2 Å². The Bertz CT molecular complexity index is 1300. The Hall–Kier alpha value is -3.56. The van der Waals surface area contributed by atoms with Gasteiger partial charge in [0.15, 0.2) is 5.17 Å². The average molecular weight is 488 g/mol. The largest absolute Gasteiger partial charge is 0.492 e. The van der Waals surface area contributed by atoms with Crippen LogP contribution >= 0.6 is 23.7 Å². The highest BCUT2D eigenvalue weighted by molar-refractivity contribution is 8.18. The van der Waals surface area contributed by atoms with E-state index < -0.39 is 5.91 Å². The Morgan fingerprint density at radius 3 is 2.59 bits per heavy atom. The lowest BCUT2D eigenvalue weighted by Gasteiger charge is -2.24. The van der Waals surface area contributed by atoms with Crippen molar-refractivity contribution in [2.24, 2.45) is 9.39 Å². The molecule has 5 rings (SSSR count). The van der Waals surface area contributed by atoms with Crippen LogP contribution < -0.4 is 4.74 Å². The molecule has 0 atom stereocenters. The summed E-state index contributed by atoms with van der Waals surface area (Å²) in [6.07, 6.45) is 3.65. The van der Waals surface area contributed by atoms with E-state index in [1.54, 1.807) is 11.0 Å². The van der Waals surface area contributed by atoms with Crippen LogP contribution in [0.5, 0.6) is 5.75 Å². The number of rotatable bonds is 7. The molecule has 0 saturated carbocycles. The average Bonchev–Trinajstić information content (AvgIpc) is 3.48. The second kappa shape index (κ2) is 10.1. The molecule has 1 amide bonds. The van der Waals surface area contributed by atoms with Crippen molar-refractivity contribution in [3.8, 4) is 5.75 Å². The number of thioether (sulfide) groups is 1. The molecule has 2 aliphatic heterocycles. The zero-order valence-electron chi connectivity index (χ0n) is 18.1. The maximum absolute atomic E-state index is 12.7. The maximum atomic E-state index is 12.7. The summed E-state index contributed by atoms with van der Waals surface area (Å²) in [7, 11) is 0. The number of amidine groups is 3. The summed E-state index contributed by atoms with van der Waals surface area (Å²) < 4.78 is 12.2. The van der Waals surface area contributed by atoms with Crippen LogP contribution in [0.3, 0.4) is 0 Å². The molecule has 9 heteroatoms. The van der Waals surface area contributed by atoms with Gasteiger partial charge in [-0.1, -0.05) is 60.3 Å². The number of carbonyl (C=O) groups excluding carboxylic acids is 1.